The van der Waals surface area contributed by atoms with E-state index in [4.69, 9.17) is 21.8 Å². The normalized spacial score (nSPS) is 14.3. The van der Waals surface area contributed by atoms with E-state index < -0.39 is 0 Å². The Morgan fingerprint density at radius 1 is 1.38 bits per heavy atom. The number of hydrogen-bond acceptors (Lipinski definition) is 3. The van der Waals surface area contributed by atoms with Crippen LogP contribution in [0.5, 0.6) is 0 Å². The topological polar surface area (TPSA) is 52.0 Å². The van der Waals surface area contributed by atoms with Crippen molar-refractivity contribution in [2.75, 3.05) is 0 Å². The van der Waals surface area contributed by atoms with Gasteiger partial charge < -0.3 is 10.2 Å². The Morgan fingerprint density at radius 3 is 2.69 bits per heavy atom. The molecular weight excluding hydrogens is 224 g/mol. The zero-order valence-electron chi connectivity index (χ0n) is 9.62. The number of aromatic nitrogens is 1. The van der Waals surface area contributed by atoms with Gasteiger partial charge in [0.25, 0.3) is 0 Å². The third-order valence-electron chi connectivity index (χ3n) is 2.57. The van der Waals surface area contributed by atoms with Crippen LogP contribution in [0, 0.1) is 5.41 Å². The lowest BCUT2D eigenvalue weighted by Gasteiger charge is -2.23. The van der Waals surface area contributed by atoms with Crippen molar-refractivity contribution >= 4 is 22.7 Å². The Labute approximate surface area is 99.6 Å². The van der Waals surface area contributed by atoms with Crippen molar-refractivity contribution < 1.29 is 4.42 Å². The minimum atomic E-state index is -0.223. The number of benzene rings is 1. The Balaban J connectivity index is 2.47. The number of nitrogens with zero attached hydrogens (tertiary/aromatic N) is 1. The first-order chi connectivity index (χ1) is 7.38. The van der Waals surface area contributed by atoms with Crippen LogP contribution in [-0.2, 0) is 0 Å². The maximum Gasteiger partial charge on any atom is 0.212 e. The maximum atomic E-state index is 6.08. The molecule has 86 valence electrons. The number of fused-ring (bicyclic) bond motifs is 1. The Kier molecular flexibility index (Phi) is 2.68. The summed E-state index contributed by atoms with van der Waals surface area (Å²) in [7, 11) is 0. The summed E-state index contributed by atoms with van der Waals surface area (Å²) in [5, 5.41) is 0.638. The highest BCUT2D eigenvalue weighted by Crippen LogP contribution is 2.32. The molecule has 2 N–H and O–H groups in total. The molecule has 0 bridgehead atoms. The molecule has 0 saturated carbocycles. The monoisotopic (exact) mass is 238 g/mol. The van der Waals surface area contributed by atoms with E-state index in [1.807, 2.05) is 6.07 Å². The van der Waals surface area contributed by atoms with Crippen LogP contribution in [0.25, 0.3) is 11.1 Å². The fourth-order valence-electron chi connectivity index (χ4n) is 1.42. The number of oxazole rings is 1. The first kappa shape index (κ1) is 11.4. The van der Waals surface area contributed by atoms with Gasteiger partial charge >= 0.3 is 0 Å². The van der Waals surface area contributed by atoms with Crippen LogP contribution < -0.4 is 5.73 Å². The fourth-order valence-corrected chi connectivity index (χ4v) is 1.58. The van der Waals surface area contributed by atoms with Gasteiger partial charge in [-0.25, -0.2) is 4.98 Å². The van der Waals surface area contributed by atoms with Gasteiger partial charge in [-0.05, 0) is 17.5 Å². The van der Waals surface area contributed by atoms with Crippen LogP contribution in [0.15, 0.2) is 22.6 Å². The van der Waals surface area contributed by atoms with Crippen LogP contribution in [0.4, 0.5) is 0 Å². The maximum absolute atomic E-state index is 6.08. The average molecular weight is 239 g/mol. The molecule has 2 aromatic rings. The van der Waals surface area contributed by atoms with E-state index in [2.05, 4.69) is 25.8 Å². The number of hydrogen-bond donors (Lipinski definition) is 1. The molecule has 0 aliphatic rings. The Hall–Kier alpha value is -1.06. The molecule has 0 aliphatic carbocycles. The second kappa shape index (κ2) is 3.75. The van der Waals surface area contributed by atoms with Crippen LogP contribution in [0.3, 0.4) is 0 Å². The highest BCUT2D eigenvalue weighted by atomic mass is 35.5. The van der Waals surface area contributed by atoms with Crippen molar-refractivity contribution in [3.8, 4) is 0 Å². The summed E-state index contributed by atoms with van der Waals surface area (Å²) in [5.41, 5.74) is 7.48. The van der Waals surface area contributed by atoms with Gasteiger partial charge in [-0.3, -0.25) is 0 Å². The quantitative estimate of drug-likeness (QED) is 0.827. The van der Waals surface area contributed by atoms with Crippen molar-refractivity contribution in [1.29, 1.82) is 0 Å². The van der Waals surface area contributed by atoms with E-state index in [9.17, 15) is 0 Å². The summed E-state index contributed by atoms with van der Waals surface area (Å²) < 4.78 is 5.62. The molecular formula is C12H15ClN2O. The lowest BCUT2D eigenvalue weighted by molar-refractivity contribution is 0.282. The predicted octanol–water partition coefficient (Wildman–Crippen LogP) is 3.53. The molecule has 1 heterocycles. The SMILES string of the molecule is CC(C)(C)C(N)c1nc2ccc(Cl)cc2o1. The first-order valence-corrected chi connectivity index (χ1v) is 5.57. The molecule has 0 saturated heterocycles. The van der Waals surface area contributed by atoms with E-state index in [-0.39, 0.29) is 11.5 Å². The van der Waals surface area contributed by atoms with E-state index in [0.717, 1.165) is 5.52 Å². The smallest absolute Gasteiger partial charge is 0.212 e. The molecule has 0 fully saturated rings. The summed E-state index contributed by atoms with van der Waals surface area (Å²) in [5.74, 6) is 0.560. The number of rotatable bonds is 1. The summed E-state index contributed by atoms with van der Waals surface area (Å²) in [6.45, 7) is 6.17. The molecule has 1 aromatic heterocycles. The molecule has 2 rings (SSSR count). The van der Waals surface area contributed by atoms with Crippen LogP contribution in [0.2, 0.25) is 5.02 Å². The van der Waals surface area contributed by atoms with Gasteiger partial charge in [0, 0.05) is 11.1 Å². The molecule has 1 aromatic carbocycles. The first-order valence-electron chi connectivity index (χ1n) is 5.19. The molecule has 4 heteroatoms. The molecule has 0 radical (unpaired) electrons. The van der Waals surface area contributed by atoms with Gasteiger partial charge in [0.1, 0.15) is 5.52 Å². The van der Waals surface area contributed by atoms with Gasteiger partial charge in [0.2, 0.25) is 5.89 Å². The lowest BCUT2D eigenvalue weighted by Crippen LogP contribution is -2.26. The second-order valence-corrected chi connectivity index (χ2v) is 5.44. The predicted molar refractivity (Wildman–Crippen MR) is 65.4 cm³/mol. The summed E-state index contributed by atoms with van der Waals surface area (Å²) in [6.07, 6.45) is 0. The molecule has 0 spiro atoms. The standard InChI is InChI=1S/C12H15ClN2O/c1-12(2,3)10(14)11-15-8-5-4-7(13)6-9(8)16-11/h4-6,10H,14H2,1-3H3. The second-order valence-electron chi connectivity index (χ2n) is 5.01. The summed E-state index contributed by atoms with van der Waals surface area (Å²) in [6, 6.07) is 5.15. The minimum Gasteiger partial charge on any atom is -0.439 e. The largest absolute Gasteiger partial charge is 0.439 e. The highest BCUT2D eigenvalue weighted by molar-refractivity contribution is 6.31. The number of halogens is 1. The van der Waals surface area contributed by atoms with E-state index >= 15 is 0 Å². The van der Waals surface area contributed by atoms with Gasteiger partial charge in [-0.15, -0.1) is 0 Å². The van der Waals surface area contributed by atoms with Gasteiger partial charge in [0.05, 0.1) is 6.04 Å². The van der Waals surface area contributed by atoms with Crippen molar-refractivity contribution in [1.82, 2.24) is 4.98 Å². The molecule has 3 nitrogen and oxygen atoms in total. The van der Waals surface area contributed by atoms with Crippen LogP contribution in [0.1, 0.15) is 32.7 Å². The molecule has 16 heavy (non-hydrogen) atoms. The fraction of sp³-hybridized carbons (Fsp3) is 0.417. The van der Waals surface area contributed by atoms with E-state index in [1.54, 1.807) is 12.1 Å². The molecule has 1 unspecified atom stereocenters. The minimum absolute atomic E-state index is 0.0787. The van der Waals surface area contributed by atoms with Crippen molar-refractivity contribution in [3.05, 3.63) is 29.1 Å². The van der Waals surface area contributed by atoms with E-state index in [1.165, 1.54) is 0 Å². The van der Waals surface area contributed by atoms with Gasteiger partial charge in [0.15, 0.2) is 5.58 Å². The Morgan fingerprint density at radius 2 is 2.06 bits per heavy atom. The van der Waals surface area contributed by atoms with Crippen molar-refractivity contribution in [2.24, 2.45) is 11.1 Å². The number of nitrogens with two attached hydrogens (primary N) is 1. The third-order valence-corrected chi connectivity index (χ3v) is 2.80. The third kappa shape index (κ3) is 2.06. The van der Waals surface area contributed by atoms with Gasteiger partial charge in [-0.2, -0.15) is 0 Å². The highest BCUT2D eigenvalue weighted by Gasteiger charge is 2.26. The van der Waals surface area contributed by atoms with E-state index in [0.29, 0.717) is 16.5 Å². The summed E-state index contributed by atoms with van der Waals surface area (Å²) in [4.78, 5) is 4.37. The average Bonchev–Trinajstić information content (AvgIpc) is 2.57. The lowest BCUT2D eigenvalue weighted by atomic mass is 9.87. The van der Waals surface area contributed by atoms with Crippen molar-refractivity contribution in [2.45, 2.75) is 26.8 Å². The molecule has 1 atom stereocenters. The zero-order valence-corrected chi connectivity index (χ0v) is 10.4. The molecule has 0 amide bonds. The molecule has 0 aliphatic heterocycles. The zero-order chi connectivity index (χ0) is 11.9. The van der Waals surface area contributed by atoms with Crippen LogP contribution >= 0.6 is 11.6 Å². The van der Waals surface area contributed by atoms with Crippen molar-refractivity contribution in [3.63, 3.8) is 0 Å². The van der Waals surface area contributed by atoms with Gasteiger partial charge in [-0.1, -0.05) is 32.4 Å². The van der Waals surface area contributed by atoms with Crippen LogP contribution in [-0.4, -0.2) is 4.98 Å². The Bertz CT molecular complexity index is 513. The summed E-state index contributed by atoms with van der Waals surface area (Å²) >= 11 is 5.88.